The van der Waals surface area contributed by atoms with Gasteiger partial charge in [0.15, 0.2) is 5.89 Å². The van der Waals surface area contributed by atoms with Crippen LogP contribution in [0.25, 0.3) is 0 Å². The minimum atomic E-state index is -0.0271. The molecule has 1 fully saturated rings. The highest BCUT2D eigenvalue weighted by molar-refractivity contribution is 5.91. The normalized spacial score (nSPS) is 15.7. The molecule has 0 aromatic carbocycles. The molecule has 5 heteroatoms. The minimum absolute atomic E-state index is 0.0271. The van der Waals surface area contributed by atoms with Crippen LogP contribution in [0, 0.1) is 0 Å². The third kappa shape index (κ3) is 2.41. The number of amides is 1. The number of rotatable bonds is 4. The van der Waals surface area contributed by atoms with Crippen LogP contribution in [0.1, 0.15) is 29.3 Å². The van der Waals surface area contributed by atoms with Gasteiger partial charge in [-0.1, -0.05) is 0 Å². The molecule has 1 aliphatic rings. The zero-order valence-corrected chi connectivity index (χ0v) is 9.53. The number of carbonyl (C=O) groups is 1. The molecule has 0 atom stereocenters. The quantitative estimate of drug-likeness (QED) is 0.815. The summed E-state index contributed by atoms with van der Waals surface area (Å²) in [7, 11) is 1.87. The summed E-state index contributed by atoms with van der Waals surface area (Å²) in [5.41, 5.74) is 0. The van der Waals surface area contributed by atoms with Crippen molar-refractivity contribution in [3.8, 4) is 0 Å². The summed E-state index contributed by atoms with van der Waals surface area (Å²) in [6.07, 6.45) is 4.43. The molecule has 16 heavy (non-hydrogen) atoms. The SMILES string of the molecule is CNCCc1ncc(C(=O)N2CCCC2)o1. The summed E-state index contributed by atoms with van der Waals surface area (Å²) >= 11 is 0. The number of aromatic nitrogens is 1. The first-order valence-corrected chi connectivity index (χ1v) is 5.70. The standard InChI is InChI=1S/C11H17N3O2/c1-12-5-4-10-13-8-9(16-10)11(15)14-6-2-3-7-14/h8,12H,2-7H2,1H3. The van der Waals surface area contributed by atoms with Crippen LogP contribution in [0.2, 0.25) is 0 Å². The van der Waals surface area contributed by atoms with Crippen LogP contribution in [0.5, 0.6) is 0 Å². The molecule has 1 saturated heterocycles. The van der Waals surface area contributed by atoms with Crippen molar-refractivity contribution in [1.82, 2.24) is 15.2 Å². The van der Waals surface area contributed by atoms with E-state index in [4.69, 9.17) is 4.42 Å². The number of likely N-dealkylation sites (N-methyl/N-ethyl adjacent to an activating group) is 1. The van der Waals surface area contributed by atoms with Gasteiger partial charge in [-0.25, -0.2) is 4.98 Å². The van der Waals surface area contributed by atoms with Gasteiger partial charge in [-0.3, -0.25) is 4.79 Å². The lowest BCUT2D eigenvalue weighted by molar-refractivity contribution is 0.0759. The molecule has 0 aliphatic carbocycles. The molecule has 1 aromatic rings. The van der Waals surface area contributed by atoms with Crippen LogP contribution in [0.4, 0.5) is 0 Å². The molecule has 2 heterocycles. The molecule has 1 N–H and O–H groups in total. The second-order valence-corrected chi connectivity index (χ2v) is 3.97. The Balaban J connectivity index is 1.97. The van der Waals surface area contributed by atoms with Gasteiger partial charge in [0.2, 0.25) is 5.76 Å². The fourth-order valence-electron chi connectivity index (χ4n) is 1.83. The molecule has 1 aliphatic heterocycles. The first-order chi connectivity index (χ1) is 7.81. The van der Waals surface area contributed by atoms with Crippen molar-refractivity contribution in [2.75, 3.05) is 26.7 Å². The predicted octanol–water partition coefficient (Wildman–Crippen LogP) is 0.672. The number of nitrogens with zero attached hydrogens (tertiary/aromatic N) is 2. The van der Waals surface area contributed by atoms with E-state index in [1.165, 1.54) is 6.20 Å². The average molecular weight is 223 g/mol. The Morgan fingerprint density at radius 2 is 2.31 bits per heavy atom. The van der Waals surface area contributed by atoms with E-state index in [1.54, 1.807) is 0 Å². The van der Waals surface area contributed by atoms with Crippen LogP contribution in [-0.4, -0.2) is 42.5 Å². The summed E-state index contributed by atoms with van der Waals surface area (Å²) in [4.78, 5) is 17.8. The van der Waals surface area contributed by atoms with Crippen molar-refractivity contribution in [2.45, 2.75) is 19.3 Å². The van der Waals surface area contributed by atoms with E-state index < -0.39 is 0 Å². The lowest BCUT2D eigenvalue weighted by Gasteiger charge is -2.12. The molecule has 1 aromatic heterocycles. The van der Waals surface area contributed by atoms with Gasteiger partial charge in [-0.05, 0) is 19.9 Å². The predicted molar refractivity (Wildman–Crippen MR) is 59.3 cm³/mol. The van der Waals surface area contributed by atoms with Crippen molar-refractivity contribution < 1.29 is 9.21 Å². The van der Waals surface area contributed by atoms with Gasteiger partial charge in [0.05, 0.1) is 6.20 Å². The number of nitrogens with one attached hydrogen (secondary N) is 1. The van der Waals surface area contributed by atoms with E-state index in [1.807, 2.05) is 11.9 Å². The lowest BCUT2D eigenvalue weighted by atomic mass is 10.4. The Bertz CT molecular complexity index is 356. The van der Waals surface area contributed by atoms with Crippen molar-refractivity contribution in [2.24, 2.45) is 0 Å². The van der Waals surface area contributed by atoms with Gasteiger partial charge in [-0.15, -0.1) is 0 Å². The van der Waals surface area contributed by atoms with Gasteiger partial charge < -0.3 is 14.6 Å². The van der Waals surface area contributed by atoms with Gasteiger partial charge in [-0.2, -0.15) is 0 Å². The van der Waals surface area contributed by atoms with E-state index in [-0.39, 0.29) is 5.91 Å². The Kier molecular flexibility index (Phi) is 3.56. The summed E-state index contributed by atoms with van der Waals surface area (Å²) in [6.45, 7) is 2.48. The zero-order chi connectivity index (χ0) is 11.4. The first-order valence-electron chi connectivity index (χ1n) is 5.70. The maximum atomic E-state index is 11.9. The molecule has 5 nitrogen and oxygen atoms in total. The molecule has 1 amide bonds. The van der Waals surface area contributed by atoms with Crippen molar-refractivity contribution >= 4 is 5.91 Å². The highest BCUT2D eigenvalue weighted by atomic mass is 16.4. The number of hydrogen-bond acceptors (Lipinski definition) is 4. The van der Waals surface area contributed by atoms with Gasteiger partial charge in [0, 0.05) is 26.1 Å². The van der Waals surface area contributed by atoms with Gasteiger partial charge >= 0.3 is 0 Å². The third-order valence-corrected chi connectivity index (χ3v) is 2.75. The second-order valence-electron chi connectivity index (χ2n) is 3.97. The smallest absolute Gasteiger partial charge is 0.291 e. The monoisotopic (exact) mass is 223 g/mol. The average Bonchev–Trinajstić information content (AvgIpc) is 2.96. The molecular weight excluding hydrogens is 206 g/mol. The van der Waals surface area contributed by atoms with Gasteiger partial charge in [0.25, 0.3) is 5.91 Å². The lowest BCUT2D eigenvalue weighted by Crippen LogP contribution is -2.27. The highest BCUT2D eigenvalue weighted by Crippen LogP contribution is 2.13. The van der Waals surface area contributed by atoms with E-state index in [0.717, 1.165) is 32.5 Å². The second kappa shape index (κ2) is 5.12. The van der Waals surface area contributed by atoms with Crippen LogP contribution >= 0.6 is 0 Å². The number of oxazole rings is 1. The number of hydrogen-bond donors (Lipinski definition) is 1. The molecule has 0 unspecified atom stereocenters. The third-order valence-electron chi connectivity index (χ3n) is 2.75. The zero-order valence-electron chi connectivity index (χ0n) is 9.53. The summed E-state index contributed by atoms with van der Waals surface area (Å²) < 4.78 is 5.42. The molecule has 0 spiro atoms. The summed E-state index contributed by atoms with van der Waals surface area (Å²) in [6, 6.07) is 0. The van der Waals surface area contributed by atoms with Crippen molar-refractivity contribution in [3.05, 3.63) is 17.8 Å². The Morgan fingerprint density at radius 3 is 3.00 bits per heavy atom. The largest absolute Gasteiger partial charge is 0.435 e. The molecule has 88 valence electrons. The Labute approximate surface area is 94.8 Å². The fourth-order valence-corrected chi connectivity index (χ4v) is 1.83. The fraction of sp³-hybridized carbons (Fsp3) is 0.636. The van der Waals surface area contributed by atoms with Crippen LogP contribution in [-0.2, 0) is 6.42 Å². The van der Waals surface area contributed by atoms with Crippen LogP contribution in [0.15, 0.2) is 10.6 Å². The maximum absolute atomic E-state index is 11.9. The summed E-state index contributed by atoms with van der Waals surface area (Å²) in [5.74, 6) is 0.964. The molecule has 2 rings (SSSR count). The number of likely N-dealkylation sites (tertiary alicyclic amines) is 1. The van der Waals surface area contributed by atoms with E-state index >= 15 is 0 Å². The number of carbonyl (C=O) groups excluding carboxylic acids is 1. The van der Waals surface area contributed by atoms with Crippen molar-refractivity contribution in [1.29, 1.82) is 0 Å². The Hall–Kier alpha value is -1.36. The minimum Gasteiger partial charge on any atom is -0.435 e. The molecular formula is C11H17N3O2. The molecule has 0 bridgehead atoms. The highest BCUT2D eigenvalue weighted by Gasteiger charge is 2.22. The van der Waals surface area contributed by atoms with E-state index in [9.17, 15) is 4.79 Å². The topological polar surface area (TPSA) is 58.4 Å². The van der Waals surface area contributed by atoms with Crippen LogP contribution in [0.3, 0.4) is 0 Å². The van der Waals surface area contributed by atoms with Crippen LogP contribution < -0.4 is 5.32 Å². The molecule has 0 saturated carbocycles. The van der Waals surface area contributed by atoms with E-state index in [2.05, 4.69) is 10.3 Å². The van der Waals surface area contributed by atoms with Gasteiger partial charge in [0.1, 0.15) is 0 Å². The van der Waals surface area contributed by atoms with Crippen molar-refractivity contribution in [3.63, 3.8) is 0 Å². The summed E-state index contributed by atoms with van der Waals surface area (Å²) in [5, 5.41) is 3.01. The maximum Gasteiger partial charge on any atom is 0.291 e. The first kappa shape index (κ1) is 11.1. The Morgan fingerprint density at radius 1 is 1.56 bits per heavy atom. The molecule has 0 radical (unpaired) electrons. The van der Waals surface area contributed by atoms with E-state index in [0.29, 0.717) is 18.1 Å².